The number of aromatic nitrogens is 4. The summed E-state index contributed by atoms with van der Waals surface area (Å²) in [5.41, 5.74) is 3.08. The van der Waals surface area contributed by atoms with Crippen LogP contribution in [-0.2, 0) is 18.2 Å². The Hall–Kier alpha value is -3.04. The first kappa shape index (κ1) is 19.7. The Kier molecular flexibility index (Phi) is 6.17. The lowest BCUT2D eigenvalue weighted by Gasteiger charge is -2.19. The predicted octanol–water partition coefficient (Wildman–Crippen LogP) is 3.06. The number of nitrogens with zero attached hydrogens (tertiary/aromatic N) is 5. The second-order valence-corrected chi connectivity index (χ2v) is 6.66. The van der Waals surface area contributed by atoms with Gasteiger partial charge in [0.25, 0.3) is 0 Å². The van der Waals surface area contributed by atoms with Gasteiger partial charge in [0.2, 0.25) is 0 Å². The largest absolute Gasteiger partial charge is 0.465 e. The van der Waals surface area contributed by atoms with E-state index in [9.17, 15) is 9.90 Å². The van der Waals surface area contributed by atoms with Crippen molar-refractivity contribution in [3.8, 4) is 5.69 Å². The van der Waals surface area contributed by atoms with E-state index < -0.39 is 6.09 Å². The quantitative estimate of drug-likeness (QED) is 0.615. The molecule has 8 nitrogen and oxygen atoms in total. The Labute approximate surface area is 167 Å². The standard InChI is InChI=1S/C19H21N5O3S/c1-22-13-16(12-20-22)24-7-6-18(28)17(21-24)11-14-4-3-5-15(10-14)23(19(25)26)8-9-27-2/h3-7,10,12-13H,8-9,11H2,1-2H3,(H,25,26). The van der Waals surface area contributed by atoms with E-state index in [0.717, 1.165) is 16.9 Å². The molecule has 0 aliphatic heterocycles. The SMILES string of the molecule is COCCN(C(=O)O)c1cccc(Cc2nn(-c3cnn(C)c3)ccc2=S)c1. The summed E-state index contributed by atoms with van der Waals surface area (Å²) >= 11 is 5.43. The van der Waals surface area contributed by atoms with Gasteiger partial charge in [-0.05, 0) is 23.8 Å². The fourth-order valence-corrected chi connectivity index (χ4v) is 2.96. The van der Waals surface area contributed by atoms with Gasteiger partial charge in [-0.1, -0.05) is 24.4 Å². The second kappa shape index (κ2) is 8.77. The molecule has 3 aromatic rings. The van der Waals surface area contributed by atoms with Crippen LogP contribution >= 0.6 is 12.2 Å². The van der Waals surface area contributed by atoms with Gasteiger partial charge >= 0.3 is 6.09 Å². The third-order valence-electron chi connectivity index (χ3n) is 4.18. The lowest BCUT2D eigenvalue weighted by Crippen LogP contribution is -2.32. The number of hydrogen-bond donors (Lipinski definition) is 1. The Balaban J connectivity index is 1.88. The maximum absolute atomic E-state index is 11.6. The molecule has 0 radical (unpaired) electrons. The average Bonchev–Trinajstić information content (AvgIpc) is 3.10. The van der Waals surface area contributed by atoms with Gasteiger partial charge in [-0.15, -0.1) is 0 Å². The molecule has 2 aromatic heterocycles. The molecule has 146 valence electrons. The highest BCUT2D eigenvalue weighted by Crippen LogP contribution is 2.19. The molecule has 2 heterocycles. The Morgan fingerprint density at radius 1 is 1.36 bits per heavy atom. The van der Waals surface area contributed by atoms with Crippen LogP contribution in [0.15, 0.2) is 48.9 Å². The van der Waals surface area contributed by atoms with Crippen LogP contribution in [0.25, 0.3) is 5.69 Å². The summed E-state index contributed by atoms with van der Waals surface area (Å²) in [5.74, 6) is 0. The van der Waals surface area contributed by atoms with Crippen LogP contribution in [-0.4, -0.2) is 51.0 Å². The zero-order valence-electron chi connectivity index (χ0n) is 15.6. The lowest BCUT2D eigenvalue weighted by molar-refractivity contribution is 0.186. The fraction of sp³-hybridized carbons (Fsp3) is 0.263. The van der Waals surface area contributed by atoms with Crippen molar-refractivity contribution in [1.29, 1.82) is 0 Å². The molecule has 0 spiro atoms. The Morgan fingerprint density at radius 2 is 2.18 bits per heavy atom. The second-order valence-electron chi connectivity index (χ2n) is 6.22. The molecule has 28 heavy (non-hydrogen) atoms. The minimum Gasteiger partial charge on any atom is -0.465 e. The summed E-state index contributed by atoms with van der Waals surface area (Å²) in [6.07, 6.45) is 4.86. The molecule has 0 aliphatic carbocycles. The first-order valence-electron chi connectivity index (χ1n) is 8.64. The fourth-order valence-electron chi connectivity index (χ4n) is 2.79. The van der Waals surface area contributed by atoms with Crippen molar-refractivity contribution in [2.75, 3.05) is 25.2 Å². The summed E-state index contributed by atoms with van der Waals surface area (Å²) < 4.78 is 9.09. The maximum Gasteiger partial charge on any atom is 0.411 e. The first-order chi connectivity index (χ1) is 13.5. The Morgan fingerprint density at radius 3 is 2.86 bits per heavy atom. The van der Waals surface area contributed by atoms with E-state index in [-0.39, 0.29) is 6.54 Å². The number of amides is 1. The van der Waals surface area contributed by atoms with Gasteiger partial charge in [0.1, 0.15) is 5.69 Å². The zero-order valence-corrected chi connectivity index (χ0v) is 16.5. The molecule has 0 atom stereocenters. The van der Waals surface area contributed by atoms with Gasteiger partial charge in [-0.25, -0.2) is 9.48 Å². The number of benzene rings is 1. The van der Waals surface area contributed by atoms with Gasteiger partial charge in [0.05, 0.1) is 35.7 Å². The molecule has 0 saturated heterocycles. The summed E-state index contributed by atoms with van der Waals surface area (Å²) in [6.45, 7) is 0.574. The molecule has 0 fully saturated rings. The molecule has 1 aromatic carbocycles. The highest BCUT2D eigenvalue weighted by atomic mass is 32.1. The molecule has 1 N–H and O–H groups in total. The van der Waals surface area contributed by atoms with Gasteiger partial charge in [0, 0.05) is 32.5 Å². The number of anilines is 1. The number of carbonyl (C=O) groups is 1. The van der Waals surface area contributed by atoms with E-state index in [1.807, 2.05) is 37.5 Å². The van der Waals surface area contributed by atoms with Gasteiger partial charge < -0.3 is 9.84 Å². The van der Waals surface area contributed by atoms with Crippen molar-refractivity contribution in [3.05, 3.63) is 64.7 Å². The van der Waals surface area contributed by atoms with E-state index in [2.05, 4.69) is 10.2 Å². The highest BCUT2D eigenvalue weighted by Gasteiger charge is 2.14. The number of methoxy groups -OCH3 is 1. The van der Waals surface area contributed by atoms with E-state index in [1.165, 1.54) is 4.90 Å². The third-order valence-corrected chi connectivity index (χ3v) is 4.55. The normalized spacial score (nSPS) is 10.8. The minimum atomic E-state index is -1.02. The van der Waals surface area contributed by atoms with E-state index in [1.54, 1.807) is 34.9 Å². The number of aryl methyl sites for hydroxylation is 1. The van der Waals surface area contributed by atoms with E-state index in [4.69, 9.17) is 17.0 Å². The number of ether oxygens (including phenoxy) is 1. The molecule has 0 saturated carbocycles. The smallest absolute Gasteiger partial charge is 0.411 e. The highest BCUT2D eigenvalue weighted by molar-refractivity contribution is 7.71. The van der Waals surface area contributed by atoms with Crippen molar-refractivity contribution >= 4 is 24.0 Å². The molecule has 0 bridgehead atoms. The van der Waals surface area contributed by atoms with Crippen LogP contribution in [0, 0.1) is 4.51 Å². The van der Waals surface area contributed by atoms with Gasteiger partial charge in [0.15, 0.2) is 0 Å². The molecule has 1 amide bonds. The van der Waals surface area contributed by atoms with Crippen LogP contribution in [0.3, 0.4) is 0 Å². The molecule has 0 unspecified atom stereocenters. The number of rotatable bonds is 7. The van der Waals surface area contributed by atoms with Crippen LogP contribution in [0.2, 0.25) is 0 Å². The van der Waals surface area contributed by atoms with Crippen LogP contribution < -0.4 is 4.90 Å². The van der Waals surface area contributed by atoms with Crippen molar-refractivity contribution in [2.45, 2.75) is 6.42 Å². The summed E-state index contributed by atoms with van der Waals surface area (Å²) in [7, 11) is 3.38. The monoisotopic (exact) mass is 399 g/mol. The van der Waals surface area contributed by atoms with Crippen LogP contribution in [0.5, 0.6) is 0 Å². The van der Waals surface area contributed by atoms with E-state index in [0.29, 0.717) is 23.2 Å². The number of carboxylic acid groups (broad SMARTS) is 1. The summed E-state index contributed by atoms with van der Waals surface area (Å²) in [4.78, 5) is 12.8. The molecular weight excluding hydrogens is 378 g/mol. The predicted molar refractivity (Wildman–Crippen MR) is 108 cm³/mol. The van der Waals surface area contributed by atoms with Crippen molar-refractivity contribution in [2.24, 2.45) is 7.05 Å². The lowest BCUT2D eigenvalue weighted by atomic mass is 10.1. The zero-order chi connectivity index (χ0) is 20.1. The molecule has 9 heteroatoms. The molecule has 3 rings (SSSR count). The number of hydrogen-bond acceptors (Lipinski definition) is 5. The Bertz CT molecular complexity index is 1030. The third kappa shape index (κ3) is 4.62. The summed E-state index contributed by atoms with van der Waals surface area (Å²) in [6, 6.07) is 9.18. The van der Waals surface area contributed by atoms with E-state index >= 15 is 0 Å². The summed E-state index contributed by atoms with van der Waals surface area (Å²) in [5, 5.41) is 18.3. The molecular formula is C19H21N5O3S. The van der Waals surface area contributed by atoms with Crippen LogP contribution in [0.4, 0.5) is 10.5 Å². The maximum atomic E-state index is 11.6. The van der Waals surface area contributed by atoms with Crippen molar-refractivity contribution in [1.82, 2.24) is 19.6 Å². The average molecular weight is 399 g/mol. The van der Waals surface area contributed by atoms with Gasteiger partial charge in [-0.2, -0.15) is 10.2 Å². The molecule has 0 aliphatic rings. The first-order valence-corrected chi connectivity index (χ1v) is 9.05. The van der Waals surface area contributed by atoms with Crippen molar-refractivity contribution < 1.29 is 14.6 Å². The van der Waals surface area contributed by atoms with Gasteiger partial charge in [-0.3, -0.25) is 9.58 Å². The topological polar surface area (TPSA) is 85.4 Å². The van der Waals surface area contributed by atoms with Crippen molar-refractivity contribution in [3.63, 3.8) is 0 Å². The van der Waals surface area contributed by atoms with Crippen LogP contribution in [0.1, 0.15) is 11.3 Å². The minimum absolute atomic E-state index is 0.256.